The molecule has 0 saturated carbocycles. The lowest BCUT2D eigenvalue weighted by Gasteiger charge is -2.40. The highest BCUT2D eigenvalue weighted by atomic mass is 31.2. The summed E-state index contributed by atoms with van der Waals surface area (Å²) in [6, 6.07) is 59.6. The number of anilines is 2. The van der Waals surface area contributed by atoms with Gasteiger partial charge in [-0.05, 0) is 60.2 Å². The van der Waals surface area contributed by atoms with Crippen LogP contribution < -0.4 is 15.3 Å². The van der Waals surface area contributed by atoms with Crippen molar-refractivity contribution >= 4 is 62.0 Å². The lowest BCUT2D eigenvalue weighted by molar-refractivity contribution is 0.587. The summed E-state index contributed by atoms with van der Waals surface area (Å²) in [4.78, 5) is 10.5. The van der Waals surface area contributed by atoms with Crippen LogP contribution in [0.25, 0.3) is 61.0 Å². The van der Waals surface area contributed by atoms with Crippen molar-refractivity contribution in [3.05, 3.63) is 176 Å². The molecule has 0 amide bonds. The van der Waals surface area contributed by atoms with Crippen LogP contribution in [0.15, 0.2) is 176 Å². The molecule has 9 aromatic rings. The Hall–Kier alpha value is -6.29. The highest BCUT2D eigenvalue weighted by molar-refractivity contribution is 7.80. The van der Waals surface area contributed by atoms with Crippen molar-refractivity contribution in [2.45, 2.75) is 0 Å². The zero-order chi connectivity index (χ0) is 33.2. The third-order valence-corrected chi connectivity index (χ3v) is 12.8. The highest BCUT2D eigenvalue weighted by Crippen LogP contribution is 2.61. The van der Waals surface area contributed by atoms with Gasteiger partial charge in [-0.25, -0.2) is 9.97 Å². The molecule has 0 N–H and O–H groups in total. The Labute approximate surface area is 289 Å². The molecule has 2 aromatic heterocycles. The molecule has 0 radical (unpaired) electrons. The molecule has 0 bridgehead atoms. The number of nitrogens with zero attached hydrogens (tertiary/aromatic N) is 4. The number of benzene rings is 7. The number of fused-ring (bicyclic) bond motifs is 7. The Morgan fingerprint density at radius 1 is 0.500 bits per heavy atom. The predicted molar refractivity (Wildman–Crippen MR) is 207 cm³/mol. The van der Waals surface area contributed by atoms with E-state index in [0.29, 0.717) is 5.95 Å². The van der Waals surface area contributed by atoms with Gasteiger partial charge in [0.1, 0.15) is 0 Å². The molecule has 1 atom stereocenters. The van der Waals surface area contributed by atoms with Gasteiger partial charge in [-0.1, -0.05) is 121 Å². The van der Waals surface area contributed by atoms with E-state index in [9.17, 15) is 0 Å². The van der Waals surface area contributed by atoms with Crippen molar-refractivity contribution in [2.24, 2.45) is 0 Å². The minimum Gasteiger partial charge on any atom is -0.289 e. The molecule has 3 heterocycles. The molecule has 50 heavy (non-hydrogen) atoms. The second-order valence-electron chi connectivity index (χ2n) is 12.6. The summed E-state index contributed by atoms with van der Waals surface area (Å²) in [5.74, 6) is 0.586. The first-order chi connectivity index (χ1) is 24.7. The lowest BCUT2D eigenvalue weighted by Crippen LogP contribution is -2.33. The number of para-hydroxylation sites is 3. The maximum atomic E-state index is 16.1. The van der Waals surface area contributed by atoms with Crippen LogP contribution in [0.5, 0.6) is 0 Å². The third-order valence-electron chi connectivity index (χ3n) is 9.77. The van der Waals surface area contributed by atoms with Crippen LogP contribution in [-0.4, -0.2) is 14.5 Å². The Balaban J connectivity index is 1.34. The van der Waals surface area contributed by atoms with Crippen molar-refractivity contribution in [1.29, 1.82) is 0 Å². The van der Waals surface area contributed by atoms with Crippen LogP contribution in [0.4, 0.5) is 11.4 Å². The molecular weight excluding hydrogens is 631 g/mol. The van der Waals surface area contributed by atoms with Gasteiger partial charge in [0.05, 0.1) is 27.9 Å². The van der Waals surface area contributed by atoms with E-state index in [2.05, 4.69) is 69.9 Å². The Morgan fingerprint density at radius 2 is 1.14 bits per heavy atom. The maximum absolute atomic E-state index is 16.1. The van der Waals surface area contributed by atoms with Crippen LogP contribution in [0.3, 0.4) is 0 Å². The smallest absolute Gasteiger partial charge is 0.235 e. The number of aromatic nitrogens is 3. The molecule has 1 unspecified atom stereocenters. The quantitative estimate of drug-likeness (QED) is 0.176. The topological polar surface area (TPSA) is 51.0 Å². The largest absolute Gasteiger partial charge is 0.289 e. The van der Waals surface area contributed by atoms with Crippen LogP contribution in [0.1, 0.15) is 0 Å². The van der Waals surface area contributed by atoms with E-state index in [1.165, 1.54) is 0 Å². The van der Waals surface area contributed by atoms with Crippen LogP contribution in [0.2, 0.25) is 0 Å². The molecule has 0 spiro atoms. The Morgan fingerprint density at radius 3 is 1.94 bits per heavy atom. The zero-order valence-corrected chi connectivity index (χ0v) is 27.8. The molecular formula is C44H29N4OP. The molecule has 0 aliphatic carbocycles. The summed E-state index contributed by atoms with van der Waals surface area (Å²) in [6.07, 6.45) is 0. The van der Waals surface area contributed by atoms with E-state index in [1.807, 2.05) is 115 Å². The van der Waals surface area contributed by atoms with Gasteiger partial charge in [0, 0.05) is 43.6 Å². The second-order valence-corrected chi connectivity index (χ2v) is 15.1. The standard InChI is InChI=1S/C44H29N4OP/c49-50(32-20-8-3-9-21-32)42-27-15-12-23-34(42)37-28-36-33-22-11-14-26-39(33)47(40(36)29-41(37)48(50)31-18-6-2-7-19-31)44-45-38-25-13-10-24-35(38)43(46-44)30-16-4-1-5-17-30/h1-29H. The van der Waals surface area contributed by atoms with Crippen LogP contribution in [-0.2, 0) is 4.57 Å². The summed E-state index contributed by atoms with van der Waals surface area (Å²) in [7, 11) is -3.41. The minimum absolute atomic E-state index is 0.586. The van der Waals surface area contributed by atoms with E-state index in [-0.39, 0.29) is 0 Å². The van der Waals surface area contributed by atoms with E-state index in [0.717, 1.165) is 77.1 Å². The average molecular weight is 661 g/mol. The summed E-state index contributed by atoms with van der Waals surface area (Å²) in [5.41, 5.74) is 8.48. The second kappa shape index (κ2) is 11.1. The Kier molecular flexibility index (Phi) is 6.39. The summed E-state index contributed by atoms with van der Waals surface area (Å²) >= 11 is 0. The molecule has 1 aliphatic rings. The van der Waals surface area contributed by atoms with Gasteiger partial charge in [0.2, 0.25) is 13.2 Å². The Bertz CT molecular complexity index is 2800. The number of rotatable bonds is 4. The minimum atomic E-state index is -3.41. The monoisotopic (exact) mass is 660 g/mol. The van der Waals surface area contributed by atoms with E-state index in [1.54, 1.807) is 0 Å². The molecule has 0 saturated heterocycles. The fraction of sp³-hybridized carbons (Fsp3) is 0. The van der Waals surface area contributed by atoms with Gasteiger partial charge >= 0.3 is 0 Å². The van der Waals surface area contributed by atoms with Gasteiger partial charge in [-0.3, -0.25) is 13.8 Å². The third kappa shape index (κ3) is 4.17. The zero-order valence-electron chi connectivity index (χ0n) is 26.9. The van der Waals surface area contributed by atoms with Gasteiger partial charge in [0.25, 0.3) is 0 Å². The van der Waals surface area contributed by atoms with Gasteiger partial charge < -0.3 is 0 Å². The first kappa shape index (κ1) is 28.7. The van der Waals surface area contributed by atoms with E-state index in [4.69, 9.17) is 9.97 Å². The fourth-order valence-electron chi connectivity index (χ4n) is 7.57. The average Bonchev–Trinajstić information content (AvgIpc) is 3.51. The van der Waals surface area contributed by atoms with E-state index >= 15 is 4.57 Å². The highest BCUT2D eigenvalue weighted by Gasteiger charge is 2.43. The molecule has 5 nitrogen and oxygen atoms in total. The molecule has 236 valence electrons. The van der Waals surface area contributed by atoms with Crippen molar-refractivity contribution in [3.63, 3.8) is 0 Å². The van der Waals surface area contributed by atoms with Gasteiger partial charge in [-0.15, -0.1) is 0 Å². The van der Waals surface area contributed by atoms with Gasteiger partial charge in [0.15, 0.2) is 0 Å². The van der Waals surface area contributed by atoms with Crippen molar-refractivity contribution in [2.75, 3.05) is 4.67 Å². The predicted octanol–water partition coefficient (Wildman–Crippen LogP) is 10.4. The van der Waals surface area contributed by atoms with Crippen molar-refractivity contribution < 1.29 is 4.57 Å². The summed E-state index contributed by atoms with van der Waals surface area (Å²) in [6.45, 7) is 0. The molecule has 0 fully saturated rings. The summed E-state index contributed by atoms with van der Waals surface area (Å²) in [5, 5.41) is 4.79. The molecule has 10 rings (SSSR count). The van der Waals surface area contributed by atoms with E-state index < -0.39 is 7.29 Å². The van der Waals surface area contributed by atoms with Crippen molar-refractivity contribution in [1.82, 2.24) is 14.5 Å². The molecule has 1 aliphatic heterocycles. The fourth-order valence-corrected chi connectivity index (χ4v) is 10.6. The molecule has 6 heteroatoms. The first-order valence-electron chi connectivity index (χ1n) is 16.7. The van der Waals surface area contributed by atoms with Crippen LogP contribution >= 0.6 is 7.29 Å². The lowest BCUT2D eigenvalue weighted by atomic mass is 9.99. The normalized spacial score (nSPS) is 15.3. The van der Waals surface area contributed by atoms with Crippen molar-refractivity contribution in [3.8, 4) is 28.3 Å². The first-order valence-corrected chi connectivity index (χ1v) is 18.4. The summed E-state index contributed by atoms with van der Waals surface area (Å²) < 4.78 is 20.3. The maximum Gasteiger partial charge on any atom is 0.235 e. The SMILES string of the molecule is O=P1(c2ccccc2)c2ccccc2-c2cc3c4ccccc4n(-c4nc(-c5ccccc5)c5ccccc5n4)c3cc2N1c1ccccc1. The number of hydrogen-bond donors (Lipinski definition) is 0. The molecule has 7 aromatic carbocycles. The van der Waals surface area contributed by atoms with Gasteiger partial charge in [-0.2, -0.15) is 0 Å². The van der Waals surface area contributed by atoms with Crippen LogP contribution in [0, 0.1) is 0 Å². The number of hydrogen-bond acceptors (Lipinski definition) is 3.